The number of hydrogen-bond acceptors (Lipinski definition) is 10. The molecule has 0 atom stereocenters. The molecule has 1 aliphatic heterocycles. The monoisotopic (exact) mass is 800 g/mol. The molecule has 5 N–H and O–H groups in total. The van der Waals surface area contributed by atoms with Crippen molar-refractivity contribution in [2.24, 2.45) is 0 Å². The van der Waals surface area contributed by atoms with Crippen molar-refractivity contribution in [2.45, 2.75) is 40.7 Å². The molecule has 15 heteroatoms. The molecule has 0 spiro atoms. The zero-order valence-corrected chi connectivity index (χ0v) is 33.4. The zero-order chi connectivity index (χ0) is 41.2. The summed E-state index contributed by atoms with van der Waals surface area (Å²) in [5, 5.41) is 13.6. The number of carbonyl (C=O) groups is 5. The van der Waals surface area contributed by atoms with Crippen LogP contribution in [0.25, 0.3) is 22.9 Å². The van der Waals surface area contributed by atoms with Gasteiger partial charge in [-0.15, -0.1) is 11.3 Å². The molecule has 4 amide bonds. The summed E-state index contributed by atoms with van der Waals surface area (Å²) in [6, 6.07) is 15.1. The summed E-state index contributed by atoms with van der Waals surface area (Å²) in [6.07, 6.45) is 7.27. The third kappa shape index (κ3) is 10.4. The molecule has 3 aromatic heterocycles. The molecule has 4 heterocycles. The summed E-state index contributed by atoms with van der Waals surface area (Å²) in [5.41, 5.74) is 7.19. The molecule has 1 aliphatic rings. The fourth-order valence-electron chi connectivity index (χ4n) is 6.45. The molecule has 6 rings (SSSR count). The first-order chi connectivity index (χ1) is 28.0. The average molecular weight is 801 g/mol. The van der Waals surface area contributed by atoms with Crippen LogP contribution in [0.15, 0.2) is 84.5 Å². The van der Waals surface area contributed by atoms with Gasteiger partial charge >= 0.3 is 12.0 Å². The van der Waals surface area contributed by atoms with Gasteiger partial charge in [0.1, 0.15) is 5.75 Å². The Hall–Kier alpha value is -6.71. The molecule has 14 nitrogen and oxygen atoms in total. The van der Waals surface area contributed by atoms with Gasteiger partial charge in [0.25, 0.3) is 11.8 Å². The van der Waals surface area contributed by atoms with Crippen LogP contribution in [0.4, 0.5) is 15.6 Å². The highest BCUT2D eigenvalue weighted by atomic mass is 32.1. The van der Waals surface area contributed by atoms with Crippen LogP contribution in [0.1, 0.15) is 57.8 Å². The Morgan fingerprint density at radius 1 is 0.948 bits per heavy atom. The standard InChI is InChI=1S/C43H44N8O6S/c1-5-51(6-2)19-18-45-41(55)39-26(3)36(47-27(39)4)23-34-33-22-28(10-12-35(33)48-40(34)54)20-31(52)11-13-38(53)57-32-9-7-8-29(21-32)24-46-42(56)50-43-49-37(25-58-43)30-14-16-44-17-15-30/h7-17,21-23,25,47H,5-6,18-20,24H2,1-4H3,(H,45,55)(H,48,54)(H2,46,49,50,56)/b13-11+,34-23-. The van der Waals surface area contributed by atoms with E-state index in [9.17, 15) is 24.0 Å². The third-order valence-electron chi connectivity index (χ3n) is 9.52. The number of ether oxygens (including phenoxy) is 1. The van der Waals surface area contributed by atoms with E-state index in [-0.39, 0.29) is 36.3 Å². The Morgan fingerprint density at radius 3 is 2.52 bits per heavy atom. The van der Waals surface area contributed by atoms with Crippen molar-refractivity contribution in [3.8, 4) is 17.0 Å². The minimum Gasteiger partial charge on any atom is -0.423 e. The number of aryl methyl sites for hydroxylation is 1. The molecule has 0 saturated heterocycles. The summed E-state index contributed by atoms with van der Waals surface area (Å²) in [6.45, 7) is 11.1. The molecule has 0 saturated carbocycles. The average Bonchev–Trinajstić information content (AvgIpc) is 3.89. The Kier molecular flexibility index (Phi) is 13.4. The van der Waals surface area contributed by atoms with Gasteiger partial charge in [0, 0.05) is 78.1 Å². The van der Waals surface area contributed by atoms with Crippen molar-refractivity contribution in [3.05, 3.63) is 124 Å². The summed E-state index contributed by atoms with van der Waals surface area (Å²) >= 11 is 1.30. The fraction of sp³-hybridized carbons (Fsp3) is 0.233. The van der Waals surface area contributed by atoms with Crippen LogP contribution in [-0.4, -0.2) is 75.6 Å². The van der Waals surface area contributed by atoms with E-state index in [0.717, 1.165) is 48.6 Å². The lowest BCUT2D eigenvalue weighted by molar-refractivity contribution is -0.129. The van der Waals surface area contributed by atoms with E-state index in [1.165, 1.54) is 11.3 Å². The number of allylic oxidation sites excluding steroid dienone is 1. The van der Waals surface area contributed by atoms with Gasteiger partial charge in [-0.2, -0.15) is 0 Å². The van der Waals surface area contributed by atoms with Crippen LogP contribution in [-0.2, 0) is 27.3 Å². The SMILES string of the molecule is CCN(CC)CCNC(=O)c1c(C)[nH]c(/C=C2\C(=O)Nc3ccc(CC(=O)/C=C/C(=O)Oc4cccc(CNC(=O)Nc5nc(-c6ccncc6)cs5)c4)cc32)c1C. The van der Waals surface area contributed by atoms with Crippen LogP contribution in [0.2, 0.25) is 0 Å². The lowest BCUT2D eigenvalue weighted by Gasteiger charge is -2.18. The zero-order valence-electron chi connectivity index (χ0n) is 32.6. The van der Waals surface area contributed by atoms with Gasteiger partial charge in [-0.05, 0) is 92.2 Å². The number of anilines is 2. The highest BCUT2D eigenvalue weighted by Gasteiger charge is 2.26. The molecular formula is C43H44N8O6S. The van der Waals surface area contributed by atoms with Crippen molar-refractivity contribution < 1.29 is 28.7 Å². The van der Waals surface area contributed by atoms with Gasteiger partial charge in [-0.1, -0.05) is 32.0 Å². The van der Waals surface area contributed by atoms with Gasteiger partial charge in [0.2, 0.25) is 0 Å². The number of ketones is 1. The largest absolute Gasteiger partial charge is 0.423 e. The second kappa shape index (κ2) is 19.0. The number of nitrogens with one attached hydrogen (secondary N) is 5. The lowest BCUT2D eigenvalue weighted by Crippen LogP contribution is -2.35. The number of carbonyl (C=O) groups excluding carboxylic acids is 5. The smallest absolute Gasteiger partial charge is 0.336 e. The number of hydrogen-bond donors (Lipinski definition) is 5. The van der Waals surface area contributed by atoms with E-state index in [4.69, 9.17) is 4.74 Å². The van der Waals surface area contributed by atoms with E-state index in [0.29, 0.717) is 56.6 Å². The molecule has 0 radical (unpaired) electrons. The number of fused-ring (bicyclic) bond motifs is 1. The number of nitrogens with zero attached hydrogens (tertiary/aromatic N) is 3. The predicted octanol–water partition coefficient (Wildman–Crippen LogP) is 6.31. The summed E-state index contributed by atoms with van der Waals surface area (Å²) in [4.78, 5) is 78.1. The van der Waals surface area contributed by atoms with Gasteiger partial charge in [-0.25, -0.2) is 14.6 Å². The Bertz CT molecular complexity index is 2400. The summed E-state index contributed by atoms with van der Waals surface area (Å²) < 4.78 is 5.42. The Morgan fingerprint density at radius 2 is 1.74 bits per heavy atom. The number of aromatic nitrogens is 3. The predicted molar refractivity (Wildman–Crippen MR) is 224 cm³/mol. The van der Waals surface area contributed by atoms with Crippen LogP contribution in [0.3, 0.4) is 0 Å². The van der Waals surface area contributed by atoms with Crippen molar-refractivity contribution in [1.82, 2.24) is 30.5 Å². The highest BCUT2D eigenvalue weighted by molar-refractivity contribution is 7.14. The first kappa shape index (κ1) is 40.9. The summed E-state index contributed by atoms with van der Waals surface area (Å²) in [5.74, 6) is -1.32. The number of aromatic amines is 1. The normalized spacial score (nSPS) is 12.8. The van der Waals surface area contributed by atoms with Crippen LogP contribution in [0.5, 0.6) is 5.75 Å². The quantitative estimate of drug-likeness (QED) is 0.0433. The van der Waals surface area contributed by atoms with Gasteiger partial charge in [0.15, 0.2) is 10.9 Å². The molecule has 0 bridgehead atoms. The lowest BCUT2D eigenvalue weighted by atomic mass is 9.99. The van der Waals surface area contributed by atoms with E-state index in [2.05, 4.69) is 55.0 Å². The first-order valence-corrected chi connectivity index (χ1v) is 19.7. The number of esters is 1. The molecule has 2 aromatic carbocycles. The van der Waals surface area contributed by atoms with Crippen molar-refractivity contribution in [3.63, 3.8) is 0 Å². The molecule has 298 valence electrons. The number of H-pyrrole nitrogens is 1. The molecule has 0 fully saturated rings. The minimum atomic E-state index is -0.743. The topological polar surface area (TPSA) is 188 Å². The van der Waals surface area contributed by atoms with E-state index in [1.54, 1.807) is 60.9 Å². The van der Waals surface area contributed by atoms with Crippen molar-refractivity contribution in [2.75, 3.05) is 36.8 Å². The number of urea groups is 1. The van der Waals surface area contributed by atoms with E-state index < -0.39 is 12.0 Å². The van der Waals surface area contributed by atoms with Crippen LogP contribution >= 0.6 is 11.3 Å². The highest BCUT2D eigenvalue weighted by Crippen LogP contribution is 2.35. The van der Waals surface area contributed by atoms with Crippen molar-refractivity contribution in [1.29, 1.82) is 0 Å². The number of amides is 4. The molecule has 5 aromatic rings. The molecule has 58 heavy (non-hydrogen) atoms. The fourth-order valence-corrected chi connectivity index (χ4v) is 7.16. The first-order valence-electron chi connectivity index (χ1n) is 18.8. The second-order valence-electron chi connectivity index (χ2n) is 13.5. The molecule has 0 unspecified atom stereocenters. The Labute approximate surface area is 339 Å². The third-order valence-corrected chi connectivity index (χ3v) is 10.3. The van der Waals surface area contributed by atoms with E-state index >= 15 is 0 Å². The maximum absolute atomic E-state index is 13.1. The van der Waals surface area contributed by atoms with Crippen molar-refractivity contribution >= 4 is 63.4 Å². The van der Waals surface area contributed by atoms with Gasteiger partial charge in [-0.3, -0.25) is 24.7 Å². The van der Waals surface area contributed by atoms with Crippen LogP contribution < -0.4 is 26.0 Å². The molecule has 0 aliphatic carbocycles. The second-order valence-corrected chi connectivity index (χ2v) is 14.3. The maximum Gasteiger partial charge on any atom is 0.336 e. The molecular weight excluding hydrogens is 757 g/mol. The minimum absolute atomic E-state index is 0.0216. The van der Waals surface area contributed by atoms with Crippen LogP contribution in [0, 0.1) is 13.8 Å². The number of pyridine rings is 1. The number of thiazole rings is 1. The number of likely N-dealkylation sites (N-methyl/N-ethyl adjacent to an activating group) is 1. The van der Waals surface area contributed by atoms with Gasteiger partial charge in [0.05, 0.1) is 16.8 Å². The van der Waals surface area contributed by atoms with Gasteiger partial charge < -0.3 is 30.6 Å². The number of rotatable bonds is 16. The maximum atomic E-state index is 13.1. The Balaban J connectivity index is 1.01. The number of benzene rings is 2. The van der Waals surface area contributed by atoms with E-state index in [1.807, 2.05) is 31.4 Å². The summed E-state index contributed by atoms with van der Waals surface area (Å²) in [7, 11) is 0.